The van der Waals surface area contributed by atoms with Gasteiger partial charge in [-0.25, -0.2) is 0 Å². The number of amides is 1. The Hall–Kier alpha value is -0.770. The topological polar surface area (TPSA) is 55.1 Å². The minimum Gasteiger partial charge on any atom is -0.323 e. The fourth-order valence-electron chi connectivity index (χ4n) is 2.22. The van der Waals surface area contributed by atoms with Crippen LogP contribution in [-0.2, 0) is 4.79 Å². The number of hydrogen-bond donors (Lipinski definition) is 2. The highest BCUT2D eigenvalue weighted by molar-refractivity contribution is 6.36. The summed E-state index contributed by atoms with van der Waals surface area (Å²) in [5, 5.41) is 3.84. The molecule has 0 atom stereocenters. The smallest absolute Gasteiger partial charge is 0.244 e. The van der Waals surface area contributed by atoms with E-state index in [2.05, 4.69) is 5.32 Å². The standard InChI is InChI=1S/C13H16Cl2N2O/c1-8-6-10(15)11(7-9(8)14)17-12(18)13(16)4-2-3-5-13/h6-7H,2-5,16H2,1H3,(H,17,18). The Bertz CT molecular complexity index is 482. The van der Waals surface area contributed by atoms with Crippen molar-refractivity contribution in [1.82, 2.24) is 0 Å². The first-order valence-electron chi connectivity index (χ1n) is 5.98. The second-order valence-corrected chi connectivity index (χ2v) is 5.71. The fraction of sp³-hybridized carbons (Fsp3) is 0.462. The summed E-state index contributed by atoms with van der Waals surface area (Å²) in [7, 11) is 0. The van der Waals surface area contributed by atoms with Crippen LogP contribution in [0.1, 0.15) is 31.2 Å². The van der Waals surface area contributed by atoms with Crippen molar-refractivity contribution in [2.45, 2.75) is 38.1 Å². The summed E-state index contributed by atoms with van der Waals surface area (Å²) < 4.78 is 0. The highest BCUT2D eigenvalue weighted by atomic mass is 35.5. The first-order valence-corrected chi connectivity index (χ1v) is 6.74. The van der Waals surface area contributed by atoms with Crippen molar-refractivity contribution in [1.29, 1.82) is 0 Å². The number of anilines is 1. The highest BCUT2D eigenvalue weighted by Gasteiger charge is 2.37. The van der Waals surface area contributed by atoms with E-state index in [4.69, 9.17) is 28.9 Å². The molecular formula is C13H16Cl2N2O. The predicted molar refractivity (Wildman–Crippen MR) is 75.2 cm³/mol. The first kappa shape index (κ1) is 13.7. The number of carbonyl (C=O) groups excluding carboxylic acids is 1. The average molecular weight is 287 g/mol. The number of nitrogens with one attached hydrogen (secondary N) is 1. The van der Waals surface area contributed by atoms with Crippen LogP contribution in [0.3, 0.4) is 0 Å². The molecule has 1 aromatic carbocycles. The van der Waals surface area contributed by atoms with E-state index in [0.29, 0.717) is 15.7 Å². The monoisotopic (exact) mass is 286 g/mol. The fourth-order valence-corrected chi connectivity index (χ4v) is 2.65. The van der Waals surface area contributed by atoms with Gasteiger partial charge in [0.15, 0.2) is 0 Å². The molecule has 1 aliphatic rings. The van der Waals surface area contributed by atoms with Crippen molar-refractivity contribution in [3.8, 4) is 0 Å². The number of benzene rings is 1. The van der Waals surface area contributed by atoms with Crippen molar-refractivity contribution in [2.75, 3.05) is 5.32 Å². The lowest BCUT2D eigenvalue weighted by Gasteiger charge is -2.22. The van der Waals surface area contributed by atoms with Crippen molar-refractivity contribution >= 4 is 34.8 Å². The lowest BCUT2D eigenvalue weighted by atomic mass is 9.98. The quantitative estimate of drug-likeness (QED) is 0.874. The van der Waals surface area contributed by atoms with E-state index >= 15 is 0 Å². The zero-order chi connectivity index (χ0) is 13.3. The van der Waals surface area contributed by atoms with Crippen LogP contribution in [-0.4, -0.2) is 11.4 Å². The predicted octanol–water partition coefficient (Wildman–Crippen LogP) is 3.51. The Morgan fingerprint density at radius 1 is 1.28 bits per heavy atom. The van der Waals surface area contributed by atoms with Crippen LogP contribution < -0.4 is 11.1 Å². The largest absolute Gasteiger partial charge is 0.323 e. The van der Waals surface area contributed by atoms with E-state index in [9.17, 15) is 4.79 Å². The van der Waals surface area contributed by atoms with Crippen molar-refractivity contribution in [3.05, 3.63) is 27.7 Å². The molecule has 0 aromatic heterocycles. The van der Waals surface area contributed by atoms with E-state index in [1.165, 1.54) is 0 Å². The van der Waals surface area contributed by atoms with Crippen molar-refractivity contribution in [3.63, 3.8) is 0 Å². The van der Waals surface area contributed by atoms with E-state index in [0.717, 1.165) is 31.2 Å². The van der Waals surface area contributed by atoms with Crippen LogP contribution in [0.25, 0.3) is 0 Å². The van der Waals surface area contributed by atoms with Crippen LogP contribution in [0.4, 0.5) is 5.69 Å². The summed E-state index contributed by atoms with van der Waals surface area (Å²) >= 11 is 12.1. The van der Waals surface area contributed by atoms with Crippen LogP contribution in [0.2, 0.25) is 10.0 Å². The third-order valence-electron chi connectivity index (χ3n) is 3.44. The van der Waals surface area contributed by atoms with Gasteiger partial charge >= 0.3 is 0 Å². The Morgan fingerprint density at radius 2 is 1.89 bits per heavy atom. The molecular weight excluding hydrogens is 271 g/mol. The summed E-state index contributed by atoms with van der Waals surface area (Å²) in [4.78, 5) is 12.1. The van der Waals surface area contributed by atoms with E-state index < -0.39 is 5.54 Å². The van der Waals surface area contributed by atoms with Gasteiger partial charge in [-0.15, -0.1) is 0 Å². The second kappa shape index (κ2) is 5.08. The Kier molecular flexibility index (Phi) is 3.85. The van der Waals surface area contributed by atoms with Crippen LogP contribution in [0.5, 0.6) is 0 Å². The maximum absolute atomic E-state index is 12.1. The molecule has 3 nitrogen and oxygen atoms in total. The van der Waals surface area contributed by atoms with E-state index in [1.807, 2.05) is 6.92 Å². The molecule has 1 aromatic rings. The van der Waals surface area contributed by atoms with Gasteiger partial charge in [0.25, 0.3) is 0 Å². The van der Waals surface area contributed by atoms with Gasteiger partial charge in [0.2, 0.25) is 5.91 Å². The Balaban J connectivity index is 2.19. The SMILES string of the molecule is Cc1cc(Cl)c(NC(=O)C2(N)CCCC2)cc1Cl. The molecule has 0 spiro atoms. The van der Waals surface area contributed by atoms with Gasteiger partial charge in [0, 0.05) is 5.02 Å². The molecule has 18 heavy (non-hydrogen) atoms. The summed E-state index contributed by atoms with van der Waals surface area (Å²) in [6.07, 6.45) is 3.42. The molecule has 0 bridgehead atoms. The van der Waals surface area contributed by atoms with Crippen LogP contribution in [0, 0.1) is 6.92 Å². The van der Waals surface area contributed by atoms with Gasteiger partial charge in [-0.2, -0.15) is 0 Å². The number of hydrogen-bond acceptors (Lipinski definition) is 2. The van der Waals surface area contributed by atoms with Gasteiger partial charge in [-0.05, 0) is 37.5 Å². The van der Waals surface area contributed by atoms with Crippen molar-refractivity contribution < 1.29 is 4.79 Å². The molecule has 0 heterocycles. The molecule has 98 valence electrons. The van der Waals surface area contributed by atoms with Gasteiger partial charge in [-0.1, -0.05) is 36.0 Å². The van der Waals surface area contributed by atoms with Gasteiger partial charge < -0.3 is 11.1 Å². The lowest BCUT2D eigenvalue weighted by Crippen LogP contribution is -2.48. The Labute approximate surface area is 117 Å². The number of nitrogens with two attached hydrogens (primary N) is 1. The lowest BCUT2D eigenvalue weighted by molar-refractivity contribution is -0.121. The molecule has 1 amide bonds. The molecule has 0 saturated heterocycles. The molecule has 0 aliphatic heterocycles. The number of aryl methyl sites for hydroxylation is 1. The number of carbonyl (C=O) groups is 1. The first-order chi connectivity index (χ1) is 8.42. The Morgan fingerprint density at radius 3 is 2.50 bits per heavy atom. The molecule has 1 fully saturated rings. The van der Waals surface area contributed by atoms with Gasteiger partial charge in [-0.3, -0.25) is 4.79 Å². The normalized spacial score (nSPS) is 17.8. The number of rotatable bonds is 2. The highest BCUT2D eigenvalue weighted by Crippen LogP contribution is 2.32. The second-order valence-electron chi connectivity index (χ2n) is 4.90. The third kappa shape index (κ3) is 2.63. The summed E-state index contributed by atoms with van der Waals surface area (Å²) in [6, 6.07) is 3.40. The molecule has 3 N–H and O–H groups in total. The molecule has 0 radical (unpaired) electrons. The summed E-state index contributed by atoms with van der Waals surface area (Å²) in [5.41, 5.74) is 6.72. The summed E-state index contributed by atoms with van der Waals surface area (Å²) in [6.45, 7) is 1.86. The minimum absolute atomic E-state index is 0.179. The van der Waals surface area contributed by atoms with E-state index in [1.54, 1.807) is 12.1 Å². The molecule has 2 rings (SSSR count). The molecule has 5 heteroatoms. The zero-order valence-corrected chi connectivity index (χ0v) is 11.7. The van der Waals surface area contributed by atoms with E-state index in [-0.39, 0.29) is 5.91 Å². The molecule has 0 unspecified atom stereocenters. The third-order valence-corrected chi connectivity index (χ3v) is 4.16. The van der Waals surface area contributed by atoms with Crippen LogP contribution >= 0.6 is 23.2 Å². The maximum Gasteiger partial charge on any atom is 0.244 e. The number of halogens is 2. The molecule has 1 aliphatic carbocycles. The molecule has 1 saturated carbocycles. The van der Waals surface area contributed by atoms with Gasteiger partial charge in [0.05, 0.1) is 16.2 Å². The average Bonchev–Trinajstić information content (AvgIpc) is 2.74. The van der Waals surface area contributed by atoms with Crippen LogP contribution in [0.15, 0.2) is 12.1 Å². The zero-order valence-electron chi connectivity index (χ0n) is 10.2. The minimum atomic E-state index is -0.763. The van der Waals surface area contributed by atoms with Crippen molar-refractivity contribution in [2.24, 2.45) is 5.73 Å². The summed E-state index contributed by atoms with van der Waals surface area (Å²) in [5.74, 6) is -0.179. The van der Waals surface area contributed by atoms with Gasteiger partial charge in [0.1, 0.15) is 0 Å². The maximum atomic E-state index is 12.1.